The van der Waals surface area contributed by atoms with E-state index >= 15 is 0 Å². The number of nitrogens with one attached hydrogen (secondary N) is 1. The molecule has 0 spiro atoms. The van der Waals surface area contributed by atoms with Crippen molar-refractivity contribution in [1.82, 2.24) is 5.32 Å². The van der Waals surface area contributed by atoms with Crippen molar-refractivity contribution in [3.8, 4) is 0 Å². The summed E-state index contributed by atoms with van der Waals surface area (Å²) in [6, 6.07) is 0. The molecule has 0 bridgehead atoms. The average Bonchev–Trinajstić information content (AvgIpc) is 3.09. The standard InChI is InChI=1S/C13H25N3O2/c14-12(16-18)7-13(4-5-13)9-15-8-10-2-1-3-11(17)6-10/h10-11,15,17-18H,1-9H2,(H2,14,16). The first-order chi connectivity index (χ1) is 8.63. The molecule has 0 aromatic carbocycles. The van der Waals surface area contributed by atoms with Crippen molar-refractivity contribution in [2.45, 2.75) is 51.0 Å². The molecule has 2 rings (SSSR count). The van der Waals surface area contributed by atoms with E-state index in [-0.39, 0.29) is 11.5 Å². The van der Waals surface area contributed by atoms with Crippen molar-refractivity contribution in [2.24, 2.45) is 22.2 Å². The van der Waals surface area contributed by atoms with Crippen LogP contribution in [-0.4, -0.2) is 35.3 Å². The molecule has 2 atom stereocenters. The Morgan fingerprint density at radius 3 is 2.78 bits per heavy atom. The molecular formula is C13H25N3O2. The first-order valence-corrected chi connectivity index (χ1v) is 6.99. The minimum Gasteiger partial charge on any atom is -0.409 e. The van der Waals surface area contributed by atoms with Gasteiger partial charge in [-0.3, -0.25) is 0 Å². The monoisotopic (exact) mass is 255 g/mol. The Labute approximate surface area is 108 Å². The van der Waals surface area contributed by atoms with Crippen LogP contribution in [-0.2, 0) is 0 Å². The van der Waals surface area contributed by atoms with Crippen LogP contribution in [0.4, 0.5) is 0 Å². The average molecular weight is 255 g/mol. The van der Waals surface area contributed by atoms with Crippen LogP contribution in [0.25, 0.3) is 0 Å². The van der Waals surface area contributed by atoms with Crippen LogP contribution < -0.4 is 11.1 Å². The summed E-state index contributed by atoms with van der Waals surface area (Å²) in [6.07, 6.45) is 7.15. The third-order valence-corrected chi connectivity index (χ3v) is 4.33. The number of aliphatic hydroxyl groups is 1. The van der Waals surface area contributed by atoms with Crippen LogP contribution in [0.5, 0.6) is 0 Å². The Bertz CT molecular complexity index is 303. The first kappa shape index (κ1) is 13.6. The zero-order valence-corrected chi connectivity index (χ0v) is 10.9. The molecule has 18 heavy (non-hydrogen) atoms. The fourth-order valence-corrected chi connectivity index (χ4v) is 3.00. The Kier molecular flexibility index (Phi) is 4.45. The molecule has 0 heterocycles. The molecule has 2 saturated carbocycles. The van der Waals surface area contributed by atoms with Gasteiger partial charge in [-0.2, -0.15) is 0 Å². The van der Waals surface area contributed by atoms with Crippen LogP contribution >= 0.6 is 0 Å². The maximum Gasteiger partial charge on any atom is 0.139 e. The van der Waals surface area contributed by atoms with E-state index in [9.17, 15) is 5.11 Å². The number of hydrogen-bond acceptors (Lipinski definition) is 4. The van der Waals surface area contributed by atoms with Crippen LogP contribution in [0.2, 0.25) is 0 Å². The second-order valence-electron chi connectivity index (χ2n) is 6.09. The maximum absolute atomic E-state index is 9.61. The van der Waals surface area contributed by atoms with Gasteiger partial charge in [0.1, 0.15) is 5.84 Å². The van der Waals surface area contributed by atoms with Gasteiger partial charge in [-0.05, 0) is 50.0 Å². The molecule has 2 unspecified atom stereocenters. The molecule has 2 aliphatic rings. The van der Waals surface area contributed by atoms with Gasteiger partial charge in [-0.25, -0.2) is 0 Å². The minimum atomic E-state index is -0.0994. The quantitative estimate of drug-likeness (QED) is 0.247. The predicted octanol–water partition coefficient (Wildman–Crippen LogP) is 1.04. The molecule has 0 radical (unpaired) electrons. The summed E-state index contributed by atoms with van der Waals surface area (Å²) in [4.78, 5) is 0. The van der Waals surface area contributed by atoms with Crippen molar-refractivity contribution in [3.63, 3.8) is 0 Å². The molecule has 0 aliphatic heterocycles. The van der Waals surface area contributed by atoms with Crippen molar-refractivity contribution in [1.29, 1.82) is 0 Å². The number of oxime groups is 1. The van der Waals surface area contributed by atoms with Gasteiger partial charge in [0.15, 0.2) is 0 Å². The van der Waals surface area contributed by atoms with Crippen molar-refractivity contribution >= 4 is 5.84 Å². The summed E-state index contributed by atoms with van der Waals surface area (Å²) in [7, 11) is 0. The van der Waals surface area contributed by atoms with Gasteiger partial charge in [-0.15, -0.1) is 0 Å². The lowest BCUT2D eigenvalue weighted by Crippen LogP contribution is -2.34. The molecule has 5 N–H and O–H groups in total. The highest BCUT2D eigenvalue weighted by atomic mass is 16.4. The number of hydrogen-bond donors (Lipinski definition) is 4. The van der Waals surface area contributed by atoms with Gasteiger partial charge in [0.25, 0.3) is 0 Å². The zero-order valence-electron chi connectivity index (χ0n) is 10.9. The third-order valence-electron chi connectivity index (χ3n) is 4.33. The lowest BCUT2D eigenvalue weighted by Gasteiger charge is -2.26. The molecule has 0 amide bonds. The highest BCUT2D eigenvalue weighted by Gasteiger charge is 2.42. The highest BCUT2D eigenvalue weighted by molar-refractivity contribution is 5.80. The number of nitrogens with two attached hydrogens (primary N) is 1. The van der Waals surface area contributed by atoms with Gasteiger partial charge in [0, 0.05) is 13.0 Å². The van der Waals surface area contributed by atoms with Gasteiger partial charge in [-0.1, -0.05) is 11.6 Å². The van der Waals surface area contributed by atoms with E-state index in [1.54, 1.807) is 0 Å². The number of aliphatic hydroxyl groups excluding tert-OH is 1. The third kappa shape index (κ3) is 3.85. The fourth-order valence-electron chi connectivity index (χ4n) is 3.00. The molecule has 5 heteroatoms. The van der Waals surface area contributed by atoms with E-state index in [0.29, 0.717) is 18.2 Å². The van der Waals surface area contributed by atoms with E-state index in [1.165, 1.54) is 6.42 Å². The summed E-state index contributed by atoms with van der Waals surface area (Å²) in [6.45, 7) is 1.92. The molecule has 2 fully saturated rings. The lowest BCUT2D eigenvalue weighted by molar-refractivity contribution is 0.100. The van der Waals surface area contributed by atoms with Gasteiger partial charge in [0.05, 0.1) is 6.10 Å². The Hall–Kier alpha value is -0.810. The Balaban J connectivity index is 1.66. The van der Waals surface area contributed by atoms with Crippen LogP contribution in [0.1, 0.15) is 44.9 Å². The number of nitrogens with zero attached hydrogens (tertiary/aromatic N) is 1. The Morgan fingerprint density at radius 1 is 1.39 bits per heavy atom. The SMILES string of the molecule is NC(CC1(CNCC2CCCC(O)C2)CC1)=NO. The molecule has 5 nitrogen and oxygen atoms in total. The van der Waals surface area contributed by atoms with Gasteiger partial charge >= 0.3 is 0 Å². The second-order valence-corrected chi connectivity index (χ2v) is 6.09. The number of rotatable bonds is 6. The largest absolute Gasteiger partial charge is 0.409 e. The minimum absolute atomic E-state index is 0.0994. The Morgan fingerprint density at radius 2 is 2.17 bits per heavy atom. The van der Waals surface area contributed by atoms with Crippen LogP contribution in [0.3, 0.4) is 0 Å². The number of amidine groups is 1. The molecule has 104 valence electrons. The summed E-state index contributed by atoms with van der Waals surface area (Å²) >= 11 is 0. The molecule has 2 aliphatic carbocycles. The zero-order chi connectivity index (χ0) is 13.0. The van der Waals surface area contributed by atoms with E-state index in [0.717, 1.165) is 45.2 Å². The first-order valence-electron chi connectivity index (χ1n) is 6.99. The second kappa shape index (κ2) is 5.89. The van der Waals surface area contributed by atoms with E-state index < -0.39 is 0 Å². The predicted molar refractivity (Wildman–Crippen MR) is 70.5 cm³/mol. The van der Waals surface area contributed by atoms with E-state index in [4.69, 9.17) is 10.9 Å². The fraction of sp³-hybridized carbons (Fsp3) is 0.923. The van der Waals surface area contributed by atoms with E-state index in [1.807, 2.05) is 0 Å². The van der Waals surface area contributed by atoms with Crippen LogP contribution in [0.15, 0.2) is 5.16 Å². The van der Waals surface area contributed by atoms with E-state index in [2.05, 4.69) is 10.5 Å². The van der Waals surface area contributed by atoms with Gasteiger partial charge < -0.3 is 21.4 Å². The summed E-state index contributed by atoms with van der Waals surface area (Å²) in [5.74, 6) is 0.941. The smallest absolute Gasteiger partial charge is 0.139 e. The topological polar surface area (TPSA) is 90.9 Å². The molecule has 0 aromatic heterocycles. The molecule has 0 saturated heterocycles. The summed E-state index contributed by atoms with van der Waals surface area (Å²) in [5.41, 5.74) is 5.80. The molecular weight excluding hydrogens is 230 g/mol. The van der Waals surface area contributed by atoms with Crippen LogP contribution in [0, 0.1) is 11.3 Å². The molecule has 0 aromatic rings. The summed E-state index contributed by atoms with van der Waals surface area (Å²) in [5, 5.41) is 24.8. The van der Waals surface area contributed by atoms with Crippen molar-refractivity contribution < 1.29 is 10.3 Å². The normalized spacial score (nSPS) is 31.3. The lowest BCUT2D eigenvalue weighted by atomic mass is 9.87. The van der Waals surface area contributed by atoms with Crippen molar-refractivity contribution in [3.05, 3.63) is 0 Å². The van der Waals surface area contributed by atoms with Gasteiger partial charge in [0.2, 0.25) is 0 Å². The summed E-state index contributed by atoms with van der Waals surface area (Å²) < 4.78 is 0. The van der Waals surface area contributed by atoms with Crippen molar-refractivity contribution in [2.75, 3.05) is 13.1 Å². The highest BCUT2D eigenvalue weighted by Crippen LogP contribution is 2.48. The maximum atomic E-state index is 9.61.